The summed E-state index contributed by atoms with van der Waals surface area (Å²) in [6, 6.07) is 0. The fourth-order valence-corrected chi connectivity index (χ4v) is 0.959. The highest BCUT2D eigenvalue weighted by atomic mass is 16.1. The summed E-state index contributed by atoms with van der Waals surface area (Å²) in [5, 5.41) is 0. The Morgan fingerprint density at radius 1 is 1.36 bits per heavy atom. The lowest BCUT2D eigenvalue weighted by atomic mass is 9.99. The average molecular weight is 155 g/mol. The second-order valence-electron chi connectivity index (χ2n) is 3.44. The summed E-state index contributed by atoms with van der Waals surface area (Å²) in [6.07, 6.45) is 0.789. The zero-order valence-corrected chi connectivity index (χ0v) is 7.77. The van der Waals surface area contributed by atoms with Gasteiger partial charge in [0, 0.05) is 5.57 Å². The Bertz CT molecular complexity index is 176. The van der Waals surface area contributed by atoms with Crippen LogP contribution in [-0.4, -0.2) is 5.91 Å². The predicted octanol–water partition coefficient (Wildman–Crippen LogP) is 1.85. The fraction of sp³-hybridized carbons (Fsp3) is 0.667. The summed E-state index contributed by atoms with van der Waals surface area (Å²) in [4.78, 5) is 10.8. The van der Waals surface area contributed by atoms with E-state index in [2.05, 4.69) is 13.8 Å². The fourth-order valence-electron chi connectivity index (χ4n) is 0.959. The van der Waals surface area contributed by atoms with E-state index in [4.69, 9.17) is 5.73 Å². The van der Waals surface area contributed by atoms with E-state index < -0.39 is 0 Å². The maximum absolute atomic E-state index is 10.8. The minimum absolute atomic E-state index is 0.279. The third-order valence-electron chi connectivity index (χ3n) is 1.51. The van der Waals surface area contributed by atoms with Crippen LogP contribution in [0.15, 0.2) is 11.1 Å². The quantitative estimate of drug-likeness (QED) is 0.621. The molecule has 0 bridgehead atoms. The van der Waals surface area contributed by atoms with Crippen molar-refractivity contribution in [1.29, 1.82) is 0 Å². The molecular formula is C9H17NO. The Morgan fingerprint density at radius 3 is 1.91 bits per heavy atom. The van der Waals surface area contributed by atoms with Gasteiger partial charge in [-0.3, -0.25) is 4.79 Å². The average Bonchev–Trinajstić information content (AvgIpc) is 1.81. The van der Waals surface area contributed by atoms with Crippen molar-refractivity contribution >= 4 is 5.91 Å². The molecular weight excluding hydrogens is 138 g/mol. The summed E-state index contributed by atoms with van der Waals surface area (Å²) in [5.41, 5.74) is 7.00. The molecule has 0 unspecified atom stereocenters. The van der Waals surface area contributed by atoms with Gasteiger partial charge in [-0.2, -0.15) is 0 Å². The second kappa shape index (κ2) is 4.16. The highest BCUT2D eigenvalue weighted by Gasteiger charge is 2.08. The maximum Gasteiger partial charge on any atom is 0.244 e. The van der Waals surface area contributed by atoms with Gasteiger partial charge in [-0.05, 0) is 26.2 Å². The number of nitrogens with two attached hydrogens (primary N) is 1. The number of primary amides is 1. The molecule has 0 radical (unpaired) electrons. The second-order valence-corrected chi connectivity index (χ2v) is 3.44. The van der Waals surface area contributed by atoms with Crippen molar-refractivity contribution in [2.24, 2.45) is 11.7 Å². The van der Waals surface area contributed by atoms with Crippen LogP contribution >= 0.6 is 0 Å². The lowest BCUT2D eigenvalue weighted by molar-refractivity contribution is -0.114. The minimum atomic E-state index is -0.279. The first-order valence-corrected chi connectivity index (χ1v) is 3.91. The van der Waals surface area contributed by atoms with Gasteiger partial charge in [-0.25, -0.2) is 0 Å². The van der Waals surface area contributed by atoms with E-state index in [0.717, 1.165) is 17.6 Å². The first-order chi connectivity index (χ1) is 4.95. The topological polar surface area (TPSA) is 43.1 Å². The van der Waals surface area contributed by atoms with E-state index in [1.807, 2.05) is 13.8 Å². The zero-order valence-electron chi connectivity index (χ0n) is 7.77. The van der Waals surface area contributed by atoms with Crippen LogP contribution in [0.5, 0.6) is 0 Å². The van der Waals surface area contributed by atoms with E-state index in [9.17, 15) is 4.79 Å². The van der Waals surface area contributed by atoms with Gasteiger partial charge in [-0.15, -0.1) is 0 Å². The van der Waals surface area contributed by atoms with Gasteiger partial charge in [-0.1, -0.05) is 19.4 Å². The van der Waals surface area contributed by atoms with Gasteiger partial charge in [0.15, 0.2) is 0 Å². The molecule has 0 saturated heterocycles. The number of allylic oxidation sites excluding steroid dienone is 1. The summed E-state index contributed by atoms with van der Waals surface area (Å²) in [7, 11) is 0. The monoisotopic (exact) mass is 155 g/mol. The van der Waals surface area contributed by atoms with Crippen LogP contribution in [0.25, 0.3) is 0 Å². The molecule has 11 heavy (non-hydrogen) atoms. The third kappa shape index (κ3) is 3.81. The van der Waals surface area contributed by atoms with Crippen LogP contribution in [-0.2, 0) is 4.79 Å². The lowest BCUT2D eigenvalue weighted by Crippen LogP contribution is -2.16. The van der Waals surface area contributed by atoms with E-state index >= 15 is 0 Å². The van der Waals surface area contributed by atoms with Gasteiger partial charge in [0.1, 0.15) is 0 Å². The Morgan fingerprint density at radius 2 is 1.82 bits per heavy atom. The lowest BCUT2D eigenvalue weighted by Gasteiger charge is -2.07. The van der Waals surface area contributed by atoms with Crippen molar-refractivity contribution in [3.05, 3.63) is 11.1 Å². The molecule has 0 spiro atoms. The number of rotatable bonds is 3. The van der Waals surface area contributed by atoms with Crippen LogP contribution in [0.1, 0.15) is 34.1 Å². The number of hydrogen-bond acceptors (Lipinski definition) is 1. The van der Waals surface area contributed by atoms with Crippen molar-refractivity contribution < 1.29 is 4.79 Å². The molecule has 0 rings (SSSR count). The van der Waals surface area contributed by atoms with Crippen LogP contribution in [0, 0.1) is 5.92 Å². The molecule has 64 valence electrons. The molecule has 2 heteroatoms. The first-order valence-electron chi connectivity index (χ1n) is 3.91. The Balaban J connectivity index is 4.39. The largest absolute Gasteiger partial charge is 0.366 e. The summed E-state index contributed by atoms with van der Waals surface area (Å²) >= 11 is 0. The Kier molecular flexibility index (Phi) is 3.86. The van der Waals surface area contributed by atoms with Crippen LogP contribution in [0.2, 0.25) is 0 Å². The van der Waals surface area contributed by atoms with Crippen molar-refractivity contribution in [2.75, 3.05) is 0 Å². The number of carbonyl (C=O) groups is 1. The SMILES string of the molecule is CC(C)=C(CC(C)C)C(N)=O. The molecule has 0 heterocycles. The summed E-state index contributed by atoms with van der Waals surface area (Å²) in [6.45, 7) is 7.99. The molecule has 0 aromatic heterocycles. The Labute approximate surface area is 68.5 Å². The molecule has 2 nitrogen and oxygen atoms in total. The molecule has 2 N–H and O–H groups in total. The minimum Gasteiger partial charge on any atom is -0.366 e. The van der Waals surface area contributed by atoms with Gasteiger partial charge >= 0.3 is 0 Å². The smallest absolute Gasteiger partial charge is 0.244 e. The molecule has 0 saturated carbocycles. The molecule has 0 aliphatic carbocycles. The van der Waals surface area contributed by atoms with Gasteiger partial charge in [0.05, 0.1) is 0 Å². The summed E-state index contributed by atoms with van der Waals surface area (Å²) in [5.74, 6) is 0.214. The van der Waals surface area contributed by atoms with E-state index in [1.54, 1.807) is 0 Å². The summed E-state index contributed by atoms with van der Waals surface area (Å²) < 4.78 is 0. The van der Waals surface area contributed by atoms with Crippen molar-refractivity contribution in [3.63, 3.8) is 0 Å². The van der Waals surface area contributed by atoms with Crippen LogP contribution in [0.4, 0.5) is 0 Å². The van der Waals surface area contributed by atoms with E-state index in [-0.39, 0.29) is 5.91 Å². The van der Waals surface area contributed by atoms with Crippen LogP contribution < -0.4 is 5.73 Å². The van der Waals surface area contributed by atoms with Crippen molar-refractivity contribution in [2.45, 2.75) is 34.1 Å². The standard InChI is InChI=1S/C9H17NO/c1-6(2)5-8(7(3)4)9(10)11/h6H,5H2,1-4H3,(H2,10,11). The molecule has 0 aromatic rings. The van der Waals surface area contributed by atoms with Crippen LogP contribution in [0.3, 0.4) is 0 Å². The van der Waals surface area contributed by atoms with Crippen molar-refractivity contribution in [1.82, 2.24) is 0 Å². The van der Waals surface area contributed by atoms with Gasteiger partial charge in [0.25, 0.3) is 0 Å². The highest BCUT2D eigenvalue weighted by Crippen LogP contribution is 2.13. The highest BCUT2D eigenvalue weighted by molar-refractivity contribution is 5.92. The number of amides is 1. The molecule has 0 fully saturated rings. The van der Waals surface area contributed by atoms with E-state index in [1.165, 1.54) is 0 Å². The number of carbonyl (C=O) groups excluding carboxylic acids is 1. The molecule has 0 atom stereocenters. The maximum atomic E-state index is 10.8. The first kappa shape index (κ1) is 10.2. The molecule has 0 aromatic carbocycles. The normalized spacial score (nSPS) is 9.91. The Hall–Kier alpha value is -0.790. The van der Waals surface area contributed by atoms with Gasteiger partial charge in [0.2, 0.25) is 5.91 Å². The third-order valence-corrected chi connectivity index (χ3v) is 1.51. The molecule has 0 aliphatic heterocycles. The predicted molar refractivity (Wildman–Crippen MR) is 47.0 cm³/mol. The molecule has 1 amide bonds. The van der Waals surface area contributed by atoms with E-state index in [0.29, 0.717) is 5.92 Å². The number of hydrogen-bond donors (Lipinski definition) is 1. The molecule has 0 aliphatic rings. The van der Waals surface area contributed by atoms with Crippen molar-refractivity contribution in [3.8, 4) is 0 Å². The van der Waals surface area contributed by atoms with Gasteiger partial charge < -0.3 is 5.73 Å². The zero-order chi connectivity index (χ0) is 9.02.